The molecular weight excluding hydrogens is 408 g/mol. The van der Waals surface area contributed by atoms with Crippen LogP contribution in [0.3, 0.4) is 0 Å². The molecule has 4 heteroatoms. The molecule has 2 heterocycles. The second-order valence-electron chi connectivity index (χ2n) is 9.60. The molecule has 1 N–H and O–H groups in total. The Hall–Kier alpha value is -3.11. The summed E-state index contributed by atoms with van der Waals surface area (Å²) in [5, 5.41) is 11.2. The van der Waals surface area contributed by atoms with Crippen LogP contribution in [0.25, 0.3) is 0 Å². The van der Waals surface area contributed by atoms with Crippen LogP contribution in [0.5, 0.6) is 0 Å². The Kier molecular flexibility index (Phi) is 5.94. The molecule has 33 heavy (non-hydrogen) atoms. The molecule has 5 rings (SSSR count). The van der Waals surface area contributed by atoms with Gasteiger partial charge >= 0.3 is 0 Å². The van der Waals surface area contributed by atoms with Gasteiger partial charge in [-0.25, -0.2) is 0 Å². The number of hydrogen-bond acceptors (Lipinski definition) is 3. The van der Waals surface area contributed by atoms with E-state index in [1.807, 2.05) is 35.2 Å². The first-order valence-electron chi connectivity index (χ1n) is 12.0. The zero-order valence-electron chi connectivity index (χ0n) is 19.2. The van der Waals surface area contributed by atoms with Crippen molar-refractivity contribution in [3.8, 4) is 0 Å². The van der Waals surface area contributed by atoms with Crippen molar-refractivity contribution in [2.24, 2.45) is 0 Å². The lowest BCUT2D eigenvalue weighted by Crippen LogP contribution is -2.50. The summed E-state index contributed by atoms with van der Waals surface area (Å²) in [5.41, 5.74) is 3.93. The van der Waals surface area contributed by atoms with Crippen molar-refractivity contribution in [2.75, 3.05) is 18.0 Å². The van der Waals surface area contributed by atoms with Crippen LogP contribution >= 0.6 is 0 Å². The number of carbonyl (C=O) groups is 1. The number of rotatable bonds is 5. The maximum Gasteiger partial charge on any atom is 0.232 e. The lowest BCUT2D eigenvalue weighted by Gasteiger charge is -2.40. The van der Waals surface area contributed by atoms with Crippen molar-refractivity contribution < 1.29 is 9.90 Å². The van der Waals surface area contributed by atoms with Crippen LogP contribution in [0.2, 0.25) is 0 Å². The number of aliphatic hydroxyl groups is 1. The van der Waals surface area contributed by atoms with Gasteiger partial charge in [0.15, 0.2) is 0 Å². The highest BCUT2D eigenvalue weighted by molar-refractivity contribution is 5.89. The van der Waals surface area contributed by atoms with Crippen LogP contribution in [0.15, 0.2) is 84.9 Å². The third kappa shape index (κ3) is 4.40. The van der Waals surface area contributed by atoms with E-state index in [9.17, 15) is 9.90 Å². The van der Waals surface area contributed by atoms with Crippen molar-refractivity contribution in [3.05, 3.63) is 102 Å². The summed E-state index contributed by atoms with van der Waals surface area (Å²) in [7, 11) is 0. The van der Waals surface area contributed by atoms with Gasteiger partial charge in [-0.15, -0.1) is 0 Å². The Morgan fingerprint density at radius 1 is 0.879 bits per heavy atom. The fourth-order valence-corrected chi connectivity index (χ4v) is 5.51. The number of para-hydroxylation sites is 1. The second kappa shape index (κ2) is 9.03. The highest BCUT2D eigenvalue weighted by atomic mass is 16.3. The molecule has 3 aromatic rings. The number of nitrogens with zero attached hydrogens (tertiary/aromatic N) is 2. The zero-order valence-corrected chi connectivity index (χ0v) is 19.2. The molecule has 2 atom stereocenters. The van der Waals surface area contributed by atoms with Crippen LogP contribution in [0, 0.1) is 0 Å². The number of amides is 1. The summed E-state index contributed by atoms with van der Waals surface area (Å²) in [6, 6.07) is 29.0. The Bertz CT molecular complexity index is 1090. The van der Waals surface area contributed by atoms with Gasteiger partial charge in [0, 0.05) is 37.8 Å². The van der Waals surface area contributed by atoms with Crippen molar-refractivity contribution in [3.63, 3.8) is 0 Å². The molecule has 2 aliphatic rings. The quantitative estimate of drug-likeness (QED) is 0.621. The topological polar surface area (TPSA) is 43.8 Å². The lowest BCUT2D eigenvalue weighted by molar-refractivity contribution is -0.137. The molecule has 2 aliphatic heterocycles. The average Bonchev–Trinajstić information content (AvgIpc) is 3.11. The number of piperidine rings is 1. The molecule has 0 aliphatic carbocycles. The number of anilines is 1. The van der Waals surface area contributed by atoms with Crippen LogP contribution < -0.4 is 4.90 Å². The minimum atomic E-state index is -0.739. The molecule has 170 valence electrons. The summed E-state index contributed by atoms with van der Waals surface area (Å²) in [4.78, 5) is 18.1. The predicted octanol–water partition coefficient (Wildman–Crippen LogP) is 4.78. The SMILES string of the molecule is CC1C(C(=O)N2CCC(O)(Cc3ccccc3)CC2)c2ccccc2N1Cc1ccccc1. The fraction of sp³-hybridized carbons (Fsp3) is 0.345. The standard InChI is InChI=1S/C29H32N2O2/c1-22-27(25-14-8-9-15-26(25)31(22)21-24-12-6-3-7-13-24)28(32)30-18-16-29(33,17-19-30)20-23-10-4-2-5-11-23/h2-15,22,27,33H,16-21H2,1H3. The molecule has 3 aromatic carbocycles. The first-order chi connectivity index (χ1) is 16.0. The van der Waals surface area contributed by atoms with Crippen molar-refractivity contribution in [1.82, 2.24) is 4.90 Å². The summed E-state index contributed by atoms with van der Waals surface area (Å²) >= 11 is 0. The van der Waals surface area contributed by atoms with Gasteiger partial charge < -0.3 is 14.9 Å². The van der Waals surface area contributed by atoms with Gasteiger partial charge in [0.25, 0.3) is 0 Å². The number of benzene rings is 3. The molecule has 1 amide bonds. The zero-order chi connectivity index (χ0) is 22.8. The minimum Gasteiger partial charge on any atom is -0.389 e. The minimum absolute atomic E-state index is 0.0836. The van der Waals surface area contributed by atoms with E-state index in [0.717, 1.165) is 23.4 Å². The van der Waals surface area contributed by atoms with E-state index in [-0.39, 0.29) is 17.9 Å². The smallest absolute Gasteiger partial charge is 0.232 e. The normalized spacial score (nSPS) is 21.6. The molecule has 1 saturated heterocycles. The number of fused-ring (bicyclic) bond motifs is 1. The van der Waals surface area contributed by atoms with Crippen LogP contribution in [-0.4, -0.2) is 40.6 Å². The number of likely N-dealkylation sites (tertiary alicyclic amines) is 1. The highest BCUT2D eigenvalue weighted by Gasteiger charge is 2.43. The van der Waals surface area contributed by atoms with Gasteiger partial charge in [0.05, 0.1) is 11.5 Å². The van der Waals surface area contributed by atoms with Crippen LogP contribution in [0.4, 0.5) is 5.69 Å². The summed E-state index contributed by atoms with van der Waals surface area (Å²) in [5.74, 6) is 0.0116. The van der Waals surface area contributed by atoms with Crippen molar-refractivity contribution >= 4 is 11.6 Å². The van der Waals surface area contributed by atoms with Crippen molar-refractivity contribution in [1.29, 1.82) is 0 Å². The average molecular weight is 441 g/mol. The van der Waals surface area contributed by atoms with Gasteiger partial charge in [-0.1, -0.05) is 78.9 Å². The van der Waals surface area contributed by atoms with Gasteiger partial charge in [0.1, 0.15) is 0 Å². The molecule has 0 bridgehead atoms. The molecule has 0 radical (unpaired) electrons. The van der Waals surface area contributed by atoms with E-state index in [1.165, 1.54) is 5.56 Å². The fourth-order valence-electron chi connectivity index (χ4n) is 5.51. The number of carbonyl (C=O) groups excluding carboxylic acids is 1. The molecule has 0 aromatic heterocycles. The number of hydrogen-bond donors (Lipinski definition) is 1. The molecule has 2 unspecified atom stereocenters. The van der Waals surface area contributed by atoms with Crippen LogP contribution in [-0.2, 0) is 17.8 Å². The predicted molar refractivity (Wildman–Crippen MR) is 132 cm³/mol. The van der Waals surface area contributed by atoms with Gasteiger partial charge in [-0.2, -0.15) is 0 Å². The van der Waals surface area contributed by atoms with E-state index in [2.05, 4.69) is 66.4 Å². The summed E-state index contributed by atoms with van der Waals surface area (Å²) in [6.45, 7) is 4.17. The van der Waals surface area contributed by atoms with Crippen LogP contribution in [0.1, 0.15) is 42.4 Å². The second-order valence-corrected chi connectivity index (χ2v) is 9.60. The van der Waals surface area contributed by atoms with E-state index in [4.69, 9.17) is 0 Å². The monoisotopic (exact) mass is 440 g/mol. The van der Waals surface area contributed by atoms with Crippen molar-refractivity contribution in [2.45, 2.75) is 50.3 Å². The van der Waals surface area contributed by atoms with E-state index in [1.54, 1.807) is 0 Å². The molecular formula is C29H32N2O2. The van der Waals surface area contributed by atoms with E-state index in [0.29, 0.717) is 32.4 Å². The third-order valence-electron chi connectivity index (χ3n) is 7.40. The summed E-state index contributed by atoms with van der Waals surface area (Å²) in [6.07, 6.45) is 1.87. The van der Waals surface area contributed by atoms with Gasteiger partial charge in [0.2, 0.25) is 5.91 Å². The lowest BCUT2D eigenvalue weighted by atomic mass is 9.84. The summed E-state index contributed by atoms with van der Waals surface area (Å²) < 4.78 is 0. The molecule has 0 spiro atoms. The first kappa shape index (κ1) is 21.7. The van der Waals surface area contributed by atoms with E-state index < -0.39 is 5.60 Å². The Labute approximate surface area is 196 Å². The maximum absolute atomic E-state index is 13.8. The highest BCUT2D eigenvalue weighted by Crippen LogP contribution is 2.43. The molecule has 4 nitrogen and oxygen atoms in total. The first-order valence-corrected chi connectivity index (χ1v) is 12.0. The molecule has 0 saturated carbocycles. The van der Waals surface area contributed by atoms with Gasteiger partial charge in [-0.3, -0.25) is 4.79 Å². The molecule has 1 fully saturated rings. The van der Waals surface area contributed by atoms with E-state index >= 15 is 0 Å². The third-order valence-corrected chi connectivity index (χ3v) is 7.40. The Morgan fingerprint density at radius 3 is 2.12 bits per heavy atom. The largest absolute Gasteiger partial charge is 0.389 e. The van der Waals surface area contributed by atoms with Gasteiger partial charge in [-0.05, 0) is 42.5 Å². The Morgan fingerprint density at radius 2 is 1.45 bits per heavy atom. The Balaban J connectivity index is 1.30. The maximum atomic E-state index is 13.8.